The van der Waals surface area contributed by atoms with Gasteiger partial charge in [0.2, 0.25) is 0 Å². The highest BCUT2D eigenvalue weighted by Gasteiger charge is 2.01. The number of hydrogen-bond acceptors (Lipinski definition) is 1. The summed E-state index contributed by atoms with van der Waals surface area (Å²) < 4.78 is 18.1. The van der Waals surface area contributed by atoms with Gasteiger partial charge in [0.25, 0.3) is 0 Å². The van der Waals surface area contributed by atoms with Crippen LogP contribution >= 0.6 is 0 Å². The number of rotatable bonds is 3. The van der Waals surface area contributed by atoms with Gasteiger partial charge in [0.15, 0.2) is 0 Å². The van der Waals surface area contributed by atoms with Crippen molar-refractivity contribution in [3.8, 4) is 0 Å². The number of benzene rings is 2. The fraction of sp³-hybridized carbons (Fsp3) is 0.0667. The van der Waals surface area contributed by atoms with Crippen LogP contribution in [0.15, 0.2) is 54.6 Å². The molecule has 0 bridgehead atoms. The first-order chi connectivity index (χ1) is 8.29. The van der Waals surface area contributed by atoms with Crippen LogP contribution in [-0.2, 0) is 4.74 Å². The van der Waals surface area contributed by atoms with Gasteiger partial charge >= 0.3 is 0 Å². The van der Waals surface area contributed by atoms with E-state index in [-0.39, 0.29) is 5.82 Å². The molecule has 0 aromatic heterocycles. The summed E-state index contributed by atoms with van der Waals surface area (Å²) in [6.45, 7) is 0. The molecule has 0 saturated heterocycles. The van der Waals surface area contributed by atoms with E-state index in [1.165, 1.54) is 12.1 Å². The third-order valence-electron chi connectivity index (χ3n) is 2.45. The fourth-order valence-electron chi connectivity index (χ4n) is 1.57. The molecule has 17 heavy (non-hydrogen) atoms. The molecule has 2 aromatic carbocycles. The van der Waals surface area contributed by atoms with Gasteiger partial charge in [-0.05, 0) is 35.9 Å². The van der Waals surface area contributed by atoms with Crippen LogP contribution in [0.1, 0.15) is 11.1 Å². The lowest BCUT2D eigenvalue weighted by atomic mass is 10.1. The first-order valence-corrected chi connectivity index (χ1v) is 5.36. The minimum absolute atomic E-state index is 0.246. The van der Waals surface area contributed by atoms with Crippen LogP contribution in [0.25, 0.3) is 11.8 Å². The zero-order chi connectivity index (χ0) is 12.1. The lowest BCUT2D eigenvalue weighted by molar-refractivity contribution is 0.372. The largest absolute Gasteiger partial charge is 0.496 e. The topological polar surface area (TPSA) is 9.23 Å². The lowest BCUT2D eigenvalue weighted by Gasteiger charge is -2.06. The number of methoxy groups -OCH3 is 1. The van der Waals surface area contributed by atoms with Gasteiger partial charge in [-0.2, -0.15) is 0 Å². The van der Waals surface area contributed by atoms with E-state index in [4.69, 9.17) is 4.74 Å². The summed E-state index contributed by atoms with van der Waals surface area (Å²) in [5.41, 5.74) is 1.91. The van der Waals surface area contributed by atoms with Crippen LogP contribution in [0, 0.1) is 5.82 Å². The standard InChI is InChI=1S/C15H13FO/c1-17-15(11-12-5-3-2-4-6-12)13-7-9-14(16)10-8-13/h2-11H,1H3/b15-11-. The van der Waals surface area contributed by atoms with Gasteiger partial charge < -0.3 is 4.74 Å². The van der Waals surface area contributed by atoms with Crippen molar-refractivity contribution in [1.82, 2.24) is 0 Å². The molecule has 0 unspecified atom stereocenters. The number of ether oxygens (including phenoxy) is 1. The Hall–Kier alpha value is -2.09. The van der Waals surface area contributed by atoms with Crippen molar-refractivity contribution in [3.63, 3.8) is 0 Å². The van der Waals surface area contributed by atoms with Crippen molar-refractivity contribution in [2.75, 3.05) is 7.11 Å². The number of hydrogen-bond donors (Lipinski definition) is 0. The molecule has 1 nitrogen and oxygen atoms in total. The summed E-state index contributed by atoms with van der Waals surface area (Å²) in [5.74, 6) is 0.472. The van der Waals surface area contributed by atoms with Crippen LogP contribution in [-0.4, -0.2) is 7.11 Å². The van der Waals surface area contributed by atoms with Crippen molar-refractivity contribution in [3.05, 3.63) is 71.5 Å². The molecular weight excluding hydrogens is 215 g/mol. The molecule has 0 aliphatic carbocycles. The van der Waals surface area contributed by atoms with Crippen molar-refractivity contribution in [1.29, 1.82) is 0 Å². The first-order valence-electron chi connectivity index (χ1n) is 5.36. The third kappa shape index (κ3) is 2.94. The highest BCUT2D eigenvalue weighted by Crippen LogP contribution is 2.19. The molecule has 0 spiro atoms. The smallest absolute Gasteiger partial charge is 0.126 e. The second-order valence-corrected chi connectivity index (χ2v) is 3.63. The van der Waals surface area contributed by atoms with Gasteiger partial charge in [-0.15, -0.1) is 0 Å². The molecular formula is C15H13FO. The first kappa shape index (κ1) is 11.4. The summed E-state index contributed by atoms with van der Waals surface area (Å²) >= 11 is 0. The maximum Gasteiger partial charge on any atom is 0.126 e. The molecule has 0 radical (unpaired) electrons. The molecule has 2 heteroatoms. The summed E-state index contributed by atoms with van der Waals surface area (Å²) in [5, 5.41) is 0. The van der Waals surface area contributed by atoms with E-state index in [0.717, 1.165) is 16.9 Å². The molecule has 0 atom stereocenters. The maximum atomic E-state index is 12.8. The molecule has 0 aliphatic rings. The fourth-order valence-corrected chi connectivity index (χ4v) is 1.57. The molecule has 0 fully saturated rings. The zero-order valence-electron chi connectivity index (χ0n) is 9.56. The van der Waals surface area contributed by atoms with Gasteiger partial charge in [-0.1, -0.05) is 30.3 Å². The third-order valence-corrected chi connectivity index (χ3v) is 2.45. The molecule has 0 aliphatic heterocycles. The molecule has 86 valence electrons. The second kappa shape index (κ2) is 5.30. The molecule has 2 aromatic rings. The van der Waals surface area contributed by atoms with E-state index in [9.17, 15) is 4.39 Å². The van der Waals surface area contributed by atoms with Gasteiger partial charge in [0.05, 0.1) is 7.11 Å². The monoisotopic (exact) mass is 228 g/mol. The summed E-state index contributed by atoms with van der Waals surface area (Å²) in [6, 6.07) is 16.1. The predicted molar refractivity (Wildman–Crippen MR) is 67.7 cm³/mol. The summed E-state index contributed by atoms with van der Waals surface area (Å²) in [4.78, 5) is 0. The Morgan fingerprint density at radius 2 is 1.65 bits per heavy atom. The Balaban J connectivity index is 2.34. The van der Waals surface area contributed by atoms with Crippen LogP contribution in [0.5, 0.6) is 0 Å². The summed E-state index contributed by atoms with van der Waals surface area (Å²) in [7, 11) is 1.61. The van der Waals surface area contributed by atoms with Crippen LogP contribution in [0.2, 0.25) is 0 Å². The highest BCUT2D eigenvalue weighted by atomic mass is 19.1. The van der Waals surface area contributed by atoms with E-state index < -0.39 is 0 Å². The molecule has 2 rings (SSSR count). The minimum atomic E-state index is -0.246. The SMILES string of the molecule is CO/C(=C\c1ccccc1)c1ccc(F)cc1. The van der Waals surface area contributed by atoms with E-state index in [0.29, 0.717) is 0 Å². The van der Waals surface area contributed by atoms with Crippen LogP contribution < -0.4 is 0 Å². The van der Waals surface area contributed by atoms with E-state index in [2.05, 4.69) is 0 Å². The normalized spacial score (nSPS) is 11.3. The van der Waals surface area contributed by atoms with Gasteiger partial charge in [-0.3, -0.25) is 0 Å². The van der Waals surface area contributed by atoms with Gasteiger partial charge in [0, 0.05) is 5.56 Å². The summed E-state index contributed by atoms with van der Waals surface area (Å²) in [6.07, 6.45) is 1.92. The Labute approximate surface area is 100 Å². The maximum absolute atomic E-state index is 12.8. The van der Waals surface area contributed by atoms with Crippen molar-refractivity contribution < 1.29 is 9.13 Å². The van der Waals surface area contributed by atoms with Crippen LogP contribution in [0.3, 0.4) is 0 Å². The molecule has 0 saturated carbocycles. The Morgan fingerprint density at radius 3 is 2.24 bits per heavy atom. The van der Waals surface area contributed by atoms with Crippen LogP contribution in [0.4, 0.5) is 4.39 Å². The zero-order valence-corrected chi connectivity index (χ0v) is 9.56. The average molecular weight is 228 g/mol. The molecule has 0 N–H and O–H groups in total. The number of halogens is 1. The Kier molecular flexibility index (Phi) is 3.55. The highest BCUT2D eigenvalue weighted by molar-refractivity contribution is 5.77. The lowest BCUT2D eigenvalue weighted by Crippen LogP contribution is -1.88. The van der Waals surface area contributed by atoms with Crippen molar-refractivity contribution >= 4 is 11.8 Å². The second-order valence-electron chi connectivity index (χ2n) is 3.63. The van der Waals surface area contributed by atoms with E-state index in [1.807, 2.05) is 36.4 Å². The van der Waals surface area contributed by atoms with E-state index in [1.54, 1.807) is 19.2 Å². The average Bonchev–Trinajstić information content (AvgIpc) is 2.38. The van der Waals surface area contributed by atoms with E-state index >= 15 is 0 Å². The molecule has 0 heterocycles. The quantitative estimate of drug-likeness (QED) is 0.570. The minimum Gasteiger partial charge on any atom is -0.496 e. The predicted octanol–water partition coefficient (Wildman–Crippen LogP) is 3.97. The van der Waals surface area contributed by atoms with Gasteiger partial charge in [-0.25, -0.2) is 4.39 Å². The van der Waals surface area contributed by atoms with Crippen molar-refractivity contribution in [2.45, 2.75) is 0 Å². The Morgan fingerprint density at radius 1 is 1.00 bits per heavy atom. The molecule has 0 amide bonds. The van der Waals surface area contributed by atoms with Crippen molar-refractivity contribution in [2.24, 2.45) is 0 Å². The Bertz CT molecular complexity index is 500. The van der Waals surface area contributed by atoms with Gasteiger partial charge in [0.1, 0.15) is 11.6 Å².